The maximum absolute atomic E-state index is 12.6. The number of alkyl carbamates (subject to hydrolysis) is 1. The molecule has 5 nitrogen and oxygen atoms in total. The topological polar surface area (TPSA) is 67.4 Å². The Morgan fingerprint density at radius 3 is 2.35 bits per heavy atom. The molecule has 2 atom stereocenters. The fourth-order valence-electron chi connectivity index (χ4n) is 2.35. The van der Waals surface area contributed by atoms with Crippen molar-refractivity contribution in [2.45, 2.75) is 32.9 Å². The van der Waals surface area contributed by atoms with Crippen molar-refractivity contribution in [3.63, 3.8) is 0 Å². The first-order valence-corrected chi connectivity index (χ1v) is 9.32. The van der Waals surface area contributed by atoms with Gasteiger partial charge in [-0.3, -0.25) is 4.79 Å². The van der Waals surface area contributed by atoms with Gasteiger partial charge in [-0.05, 0) is 35.7 Å². The van der Waals surface area contributed by atoms with E-state index in [4.69, 9.17) is 4.74 Å². The Balaban J connectivity index is 1.96. The van der Waals surface area contributed by atoms with Crippen LogP contribution < -0.4 is 10.6 Å². The molecular weight excluding hydrogens is 396 g/mol. The number of hydrogen-bond donors (Lipinski definition) is 2. The summed E-state index contributed by atoms with van der Waals surface area (Å²) in [6.07, 6.45) is 0.141. The minimum atomic E-state index is -0.674. The van der Waals surface area contributed by atoms with E-state index in [-0.39, 0.29) is 18.4 Å². The molecule has 0 bridgehead atoms. The molecular formula is C20H23BrN2O3. The van der Waals surface area contributed by atoms with E-state index in [1.807, 2.05) is 56.3 Å². The number of nitrogens with one attached hydrogen (secondary N) is 2. The molecule has 2 N–H and O–H groups in total. The molecule has 0 saturated carbocycles. The summed E-state index contributed by atoms with van der Waals surface area (Å²) in [5.74, 6) is -0.298. The first-order chi connectivity index (χ1) is 12.5. The lowest BCUT2D eigenvalue weighted by Crippen LogP contribution is -2.47. The van der Waals surface area contributed by atoms with Crippen molar-refractivity contribution in [3.8, 4) is 0 Å². The SMILES string of the molecule is CC[C@H](C)[C@H](NC(=O)OCc1ccccc1)C(=O)Nc1ccc(Br)cc1. The van der Waals surface area contributed by atoms with E-state index in [9.17, 15) is 9.59 Å². The number of anilines is 1. The zero-order valence-electron chi connectivity index (χ0n) is 14.9. The molecule has 2 amide bonds. The number of carbonyl (C=O) groups is 2. The van der Waals surface area contributed by atoms with Crippen LogP contribution in [0.25, 0.3) is 0 Å². The van der Waals surface area contributed by atoms with Crippen LogP contribution in [0.5, 0.6) is 0 Å². The summed E-state index contributed by atoms with van der Waals surface area (Å²) in [6.45, 7) is 4.05. The zero-order valence-corrected chi connectivity index (χ0v) is 16.5. The van der Waals surface area contributed by atoms with Crippen molar-refractivity contribution in [1.29, 1.82) is 0 Å². The third-order valence-electron chi connectivity index (χ3n) is 4.09. The zero-order chi connectivity index (χ0) is 18.9. The van der Waals surface area contributed by atoms with E-state index in [1.165, 1.54) is 0 Å². The molecule has 0 heterocycles. The van der Waals surface area contributed by atoms with E-state index in [2.05, 4.69) is 26.6 Å². The summed E-state index contributed by atoms with van der Waals surface area (Å²) in [5, 5.41) is 5.52. The molecule has 2 aromatic carbocycles. The minimum absolute atomic E-state index is 0.0327. The van der Waals surface area contributed by atoms with Gasteiger partial charge >= 0.3 is 6.09 Å². The summed E-state index contributed by atoms with van der Waals surface area (Å²) in [5.41, 5.74) is 1.56. The van der Waals surface area contributed by atoms with Crippen LogP contribution in [0.1, 0.15) is 25.8 Å². The average Bonchev–Trinajstić information content (AvgIpc) is 2.66. The van der Waals surface area contributed by atoms with Crippen LogP contribution in [-0.4, -0.2) is 18.0 Å². The second-order valence-electron chi connectivity index (χ2n) is 6.07. The van der Waals surface area contributed by atoms with E-state index < -0.39 is 12.1 Å². The van der Waals surface area contributed by atoms with Gasteiger partial charge < -0.3 is 15.4 Å². The maximum Gasteiger partial charge on any atom is 0.408 e. The molecule has 0 unspecified atom stereocenters. The smallest absolute Gasteiger partial charge is 0.408 e. The number of hydrogen-bond acceptors (Lipinski definition) is 3. The lowest BCUT2D eigenvalue weighted by molar-refractivity contribution is -0.119. The highest BCUT2D eigenvalue weighted by Gasteiger charge is 2.26. The van der Waals surface area contributed by atoms with E-state index in [0.29, 0.717) is 5.69 Å². The second kappa shape index (κ2) is 9.97. The minimum Gasteiger partial charge on any atom is -0.445 e. The molecule has 2 aromatic rings. The van der Waals surface area contributed by atoms with Crippen molar-refractivity contribution in [2.24, 2.45) is 5.92 Å². The van der Waals surface area contributed by atoms with Crippen LogP contribution in [0.3, 0.4) is 0 Å². The van der Waals surface area contributed by atoms with Crippen molar-refractivity contribution >= 4 is 33.6 Å². The quantitative estimate of drug-likeness (QED) is 0.682. The maximum atomic E-state index is 12.6. The largest absolute Gasteiger partial charge is 0.445 e. The standard InChI is InChI=1S/C20H23BrN2O3/c1-3-14(2)18(19(24)22-17-11-9-16(21)10-12-17)23-20(25)26-13-15-7-5-4-6-8-15/h4-12,14,18H,3,13H2,1-2H3,(H,22,24)(H,23,25)/t14-,18-/m0/s1. The molecule has 0 aromatic heterocycles. The number of carbonyl (C=O) groups excluding carboxylic acids is 2. The Kier molecular flexibility index (Phi) is 7.66. The number of halogens is 1. The van der Waals surface area contributed by atoms with E-state index >= 15 is 0 Å². The van der Waals surface area contributed by atoms with Crippen molar-refractivity contribution < 1.29 is 14.3 Å². The highest BCUT2D eigenvalue weighted by atomic mass is 79.9. The lowest BCUT2D eigenvalue weighted by Gasteiger charge is -2.23. The van der Waals surface area contributed by atoms with E-state index in [1.54, 1.807) is 12.1 Å². The first kappa shape index (κ1) is 20.0. The molecule has 6 heteroatoms. The van der Waals surface area contributed by atoms with Gasteiger partial charge in [-0.1, -0.05) is 66.5 Å². The Labute approximate surface area is 162 Å². The van der Waals surface area contributed by atoms with Crippen LogP contribution in [-0.2, 0) is 16.1 Å². The lowest BCUT2D eigenvalue weighted by atomic mass is 9.98. The third kappa shape index (κ3) is 6.19. The molecule has 0 spiro atoms. The Bertz CT molecular complexity index is 720. The molecule has 138 valence electrons. The number of rotatable bonds is 7. The molecule has 0 aliphatic carbocycles. The van der Waals surface area contributed by atoms with Crippen molar-refractivity contribution in [1.82, 2.24) is 5.32 Å². The monoisotopic (exact) mass is 418 g/mol. The summed E-state index contributed by atoms with van der Waals surface area (Å²) < 4.78 is 6.16. The number of ether oxygens (including phenoxy) is 1. The molecule has 26 heavy (non-hydrogen) atoms. The molecule has 0 aliphatic rings. The van der Waals surface area contributed by atoms with Crippen molar-refractivity contribution in [2.75, 3.05) is 5.32 Å². The summed E-state index contributed by atoms with van der Waals surface area (Å²) >= 11 is 3.36. The Morgan fingerprint density at radius 1 is 1.08 bits per heavy atom. The summed E-state index contributed by atoms with van der Waals surface area (Å²) in [7, 11) is 0. The molecule has 0 radical (unpaired) electrons. The van der Waals surface area contributed by atoms with Gasteiger partial charge in [-0.2, -0.15) is 0 Å². The van der Waals surface area contributed by atoms with Crippen LogP contribution in [0.4, 0.5) is 10.5 Å². The van der Waals surface area contributed by atoms with Gasteiger partial charge in [0.25, 0.3) is 0 Å². The number of amides is 2. The normalized spacial score (nSPS) is 12.7. The predicted molar refractivity (Wildman–Crippen MR) is 106 cm³/mol. The average molecular weight is 419 g/mol. The second-order valence-corrected chi connectivity index (χ2v) is 6.98. The van der Waals surface area contributed by atoms with Crippen LogP contribution in [0.2, 0.25) is 0 Å². The number of benzene rings is 2. The van der Waals surface area contributed by atoms with Crippen LogP contribution >= 0.6 is 15.9 Å². The Hall–Kier alpha value is -2.34. The summed E-state index contributed by atoms with van der Waals surface area (Å²) in [4.78, 5) is 24.7. The first-order valence-electron chi connectivity index (χ1n) is 8.53. The fraction of sp³-hybridized carbons (Fsp3) is 0.300. The molecule has 0 saturated heterocycles. The fourth-order valence-corrected chi connectivity index (χ4v) is 2.61. The van der Waals surface area contributed by atoms with Crippen LogP contribution in [0, 0.1) is 5.92 Å². The van der Waals surface area contributed by atoms with Crippen molar-refractivity contribution in [3.05, 3.63) is 64.6 Å². The van der Waals surface area contributed by atoms with Gasteiger partial charge in [0.05, 0.1) is 0 Å². The van der Waals surface area contributed by atoms with Gasteiger partial charge in [0.1, 0.15) is 12.6 Å². The predicted octanol–water partition coefficient (Wildman–Crippen LogP) is 4.73. The third-order valence-corrected chi connectivity index (χ3v) is 4.62. The van der Waals surface area contributed by atoms with Gasteiger partial charge in [-0.15, -0.1) is 0 Å². The molecule has 0 aliphatic heterocycles. The van der Waals surface area contributed by atoms with Crippen LogP contribution in [0.15, 0.2) is 59.1 Å². The van der Waals surface area contributed by atoms with E-state index in [0.717, 1.165) is 16.5 Å². The van der Waals surface area contributed by atoms with Gasteiger partial charge in [0.15, 0.2) is 0 Å². The Morgan fingerprint density at radius 2 is 1.73 bits per heavy atom. The molecule has 0 fully saturated rings. The van der Waals surface area contributed by atoms with Gasteiger partial charge in [0.2, 0.25) is 5.91 Å². The highest BCUT2D eigenvalue weighted by Crippen LogP contribution is 2.16. The van der Waals surface area contributed by atoms with Gasteiger partial charge in [0, 0.05) is 10.2 Å². The summed E-state index contributed by atoms with van der Waals surface area (Å²) in [6, 6.07) is 16.0. The molecule has 2 rings (SSSR count). The highest BCUT2D eigenvalue weighted by molar-refractivity contribution is 9.10. The van der Waals surface area contributed by atoms with Gasteiger partial charge in [-0.25, -0.2) is 4.79 Å².